The third-order valence-electron chi connectivity index (χ3n) is 0. The van der Waals surface area contributed by atoms with E-state index in [1.54, 1.807) is 18.8 Å². The quantitative estimate of drug-likeness (QED) is 0.642. The zero-order valence-electron chi connectivity index (χ0n) is 3.50. The van der Waals surface area contributed by atoms with Crippen molar-refractivity contribution in [2.24, 2.45) is 0 Å². The van der Waals surface area contributed by atoms with Crippen LogP contribution < -0.4 is 0 Å². The maximum Gasteiger partial charge on any atom is -0.693 e. The van der Waals surface area contributed by atoms with Crippen molar-refractivity contribution >= 4 is 9.42 Å². The fraction of sp³-hybridized carbons (Fsp3) is 0. The molecule has 0 saturated heterocycles. The molecule has 0 atom stereocenters. The zero-order chi connectivity index (χ0) is 2.00. The first kappa shape index (κ1) is 113. The predicted octanol–water partition coefficient (Wildman–Crippen LogP) is 2.73. The molecule has 0 aromatic carbocycles. The second kappa shape index (κ2) is 374. The molecule has 57 valence electrons. The molecular weight excluding hydrogens is 303 g/mol. The minimum absolute atomic E-state index is 0. The van der Waals surface area contributed by atoms with Crippen LogP contribution in [0.2, 0.25) is 0 Å². The van der Waals surface area contributed by atoms with E-state index < -0.39 is 0 Å². The molecule has 7 heteroatoms. The van der Waals surface area contributed by atoms with Gasteiger partial charge < -0.3 is 30.1 Å². The van der Waals surface area contributed by atoms with Crippen molar-refractivity contribution in [2.45, 2.75) is 0 Å². The van der Waals surface area contributed by atoms with E-state index >= 15 is 0 Å². The van der Waals surface area contributed by atoms with E-state index in [0.717, 1.165) is 0 Å². The monoisotopic (exact) mass is 312 g/mol. The first-order valence-electron chi connectivity index (χ1n) is 0.120. The summed E-state index contributed by atoms with van der Waals surface area (Å²) in [6.45, 7) is 0. The maximum atomic E-state index is 4.61. The van der Waals surface area contributed by atoms with Crippen LogP contribution in [-0.2, 0) is 18.8 Å². The Kier molecular flexibility index (Phi) is 6030. The van der Waals surface area contributed by atoms with Gasteiger partial charge in [0.15, 0.2) is 0 Å². The number of hydrogen-bond donors (Lipinski definition) is 0. The topological polar surface area (TPSA) is 166 Å². The summed E-state index contributed by atoms with van der Waals surface area (Å²) in [5.74, 6) is 0. The van der Waals surface area contributed by atoms with Gasteiger partial charge in [-0.05, 0) is 0 Å². The molecular formula is H10ClN4OPt-4. The fourth-order valence-electron chi connectivity index (χ4n) is 0. The van der Waals surface area contributed by atoms with E-state index in [1.165, 1.54) is 0 Å². The SMILES string of the molecule is O.[Cl][Pt].[NH2-].[NH2-].[NH2-].[NH2-]. The minimum Gasteiger partial charge on any atom is -0.693 e. The molecule has 0 saturated carbocycles. The molecule has 10 N–H and O–H groups in total. The average molecular weight is 313 g/mol. The van der Waals surface area contributed by atoms with Crippen LogP contribution in [0.15, 0.2) is 0 Å². The van der Waals surface area contributed by atoms with Crippen LogP contribution in [0, 0.1) is 0 Å². The van der Waals surface area contributed by atoms with Crippen molar-refractivity contribution in [3.63, 3.8) is 0 Å². The van der Waals surface area contributed by atoms with Crippen LogP contribution in [0.1, 0.15) is 0 Å². The molecule has 0 aromatic rings. The number of hydrogen-bond acceptors (Lipinski definition) is 0. The summed E-state index contributed by atoms with van der Waals surface area (Å²) in [5.41, 5.74) is 0. The van der Waals surface area contributed by atoms with Gasteiger partial charge in [-0.1, -0.05) is 0 Å². The Morgan fingerprint density at radius 2 is 0.714 bits per heavy atom. The van der Waals surface area contributed by atoms with Gasteiger partial charge in [-0.3, -0.25) is 0 Å². The van der Waals surface area contributed by atoms with E-state index in [0.29, 0.717) is 0 Å². The van der Waals surface area contributed by atoms with Gasteiger partial charge in [0, 0.05) is 0 Å². The molecule has 0 aromatic heterocycles. The van der Waals surface area contributed by atoms with Crippen LogP contribution >= 0.6 is 9.42 Å². The second-order valence-corrected chi connectivity index (χ2v) is 0. The third-order valence-corrected chi connectivity index (χ3v) is 0. The molecule has 0 radical (unpaired) electrons. The van der Waals surface area contributed by atoms with Gasteiger partial charge in [0.25, 0.3) is 0 Å². The van der Waals surface area contributed by atoms with E-state index in [-0.39, 0.29) is 30.1 Å². The van der Waals surface area contributed by atoms with Gasteiger partial charge in [0.1, 0.15) is 0 Å². The summed E-state index contributed by atoms with van der Waals surface area (Å²) < 4.78 is 0. The van der Waals surface area contributed by atoms with Crippen LogP contribution in [-0.4, -0.2) is 5.48 Å². The van der Waals surface area contributed by atoms with Gasteiger partial charge in [-0.2, -0.15) is 0 Å². The zero-order valence-corrected chi connectivity index (χ0v) is 6.53. The summed E-state index contributed by atoms with van der Waals surface area (Å²) in [6, 6.07) is 0. The Bertz CT molecular complexity index is 11.7. The molecule has 0 fully saturated rings. The van der Waals surface area contributed by atoms with E-state index in [4.69, 9.17) is 0 Å². The number of rotatable bonds is 0. The van der Waals surface area contributed by atoms with E-state index in [9.17, 15) is 0 Å². The van der Waals surface area contributed by atoms with Gasteiger partial charge in [-0.25, -0.2) is 0 Å². The molecule has 0 unspecified atom stereocenters. The van der Waals surface area contributed by atoms with Crippen LogP contribution in [0.5, 0.6) is 0 Å². The molecule has 5 nitrogen and oxygen atoms in total. The molecule has 0 heterocycles. The molecule has 0 amide bonds. The summed E-state index contributed by atoms with van der Waals surface area (Å²) in [4.78, 5) is 0. The molecule has 7 heavy (non-hydrogen) atoms. The van der Waals surface area contributed by atoms with Crippen molar-refractivity contribution < 1.29 is 24.2 Å². The Hall–Kier alpha value is 0.778. The van der Waals surface area contributed by atoms with Gasteiger partial charge in [0.2, 0.25) is 0 Å². The molecule has 0 aliphatic heterocycles. The Morgan fingerprint density at radius 1 is 0.714 bits per heavy atom. The standard InChI is InChI=1S/ClH.4H2N.H2O.Pt/h1H;5*1H2;/q;4*-1;;+1/p-1. The van der Waals surface area contributed by atoms with Crippen molar-refractivity contribution in [3.05, 3.63) is 24.6 Å². The predicted molar refractivity (Wildman–Crippen MR) is 30.6 cm³/mol. The number of nitrogens with two attached hydrogens (primary N) is 4. The second-order valence-electron chi connectivity index (χ2n) is 0. The van der Waals surface area contributed by atoms with Crippen molar-refractivity contribution in [2.75, 3.05) is 0 Å². The Labute approximate surface area is 58.7 Å². The van der Waals surface area contributed by atoms with E-state index in [1.807, 2.05) is 0 Å². The van der Waals surface area contributed by atoms with Crippen molar-refractivity contribution in [1.29, 1.82) is 0 Å². The van der Waals surface area contributed by atoms with Gasteiger partial charge in [0.05, 0.1) is 0 Å². The van der Waals surface area contributed by atoms with Gasteiger partial charge in [-0.15, -0.1) is 0 Å². The molecule has 0 aliphatic rings. The first-order valence-corrected chi connectivity index (χ1v) is 2.94. The van der Waals surface area contributed by atoms with E-state index in [2.05, 4.69) is 9.42 Å². The average Bonchev–Trinajstić information content (AvgIpc) is 1.00. The normalized spacial score (nSPS) is 1.00. The third kappa shape index (κ3) is 255. The first-order chi connectivity index (χ1) is 1.00. The summed E-state index contributed by atoms with van der Waals surface area (Å²) in [7, 11) is 4.61. The summed E-state index contributed by atoms with van der Waals surface area (Å²) in [5, 5.41) is 0. The minimum atomic E-state index is 0. The Morgan fingerprint density at radius 3 is 0.714 bits per heavy atom. The molecule has 0 aliphatic carbocycles. The van der Waals surface area contributed by atoms with Gasteiger partial charge >= 0.3 is 28.2 Å². The van der Waals surface area contributed by atoms with Crippen molar-refractivity contribution in [3.8, 4) is 0 Å². The molecule has 0 bridgehead atoms. The molecule has 0 spiro atoms. The van der Waals surface area contributed by atoms with Crippen LogP contribution in [0.25, 0.3) is 24.6 Å². The smallest absolute Gasteiger partial charge is 0.693 e. The van der Waals surface area contributed by atoms with Crippen LogP contribution in [0.4, 0.5) is 0 Å². The Balaban J connectivity index is -0.000000000500. The summed E-state index contributed by atoms with van der Waals surface area (Å²) >= 11 is 1.61. The van der Waals surface area contributed by atoms with Crippen LogP contribution in [0.3, 0.4) is 0 Å². The fourth-order valence-corrected chi connectivity index (χ4v) is 0. The maximum absolute atomic E-state index is 4.61. The largest absolute Gasteiger partial charge is 0.693 e. The summed E-state index contributed by atoms with van der Waals surface area (Å²) in [6.07, 6.45) is 0. The molecule has 0 rings (SSSR count). The van der Waals surface area contributed by atoms with Crippen molar-refractivity contribution in [1.82, 2.24) is 0 Å². The number of halogens is 1.